The van der Waals surface area contributed by atoms with Gasteiger partial charge in [-0.15, -0.1) is 0 Å². The Hall–Kier alpha value is -2.75. The molecular weight excluding hydrogens is 288 g/mol. The highest BCUT2D eigenvalue weighted by Crippen LogP contribution is 2.28. The van der Waals surface area contributed by atoms with Gasteiger partial charge in [0.25, 0.3) is 0 Å². The number of aromatic hydroxyl groups is 1. The molecule has 0 spiro atoms. The van der Waals surface area contributed by atoms with Crippen LogP contribution in [-0.4, -0.2) is 29.5 Å². The standard InChI is InChI=1S/C19H20N2O2/c1-21-18-6-4-3-5-16(18)17(19(21)22)13-20-12-11-14-7-9-15(23-2)10-8-14/h3-10,13,22H,11-12H2,1-2H3. The Labute approximate surface area is 135 Å². The summed E-state index contributed by atoms with van der Waals surface area (Å²) in [7, 11) is 3.52. The molecule has 118 valence electrons. The summed E-state index contributed by atoms with van der Waals surface area (Å²) < 4.78 is 6.93. The smallest absolute Gasteiger partial charge is 0.200 e. The van der Waals surface area contributed by atoms with Crippen molar-refractivity contribution in [3.63, 3.8) is 0 Å². The minimum atomic E-state index is 0.249. The molecule has 0 aliphatic carbocycles. The van der Waals surface area contributed by atoms with E-state index in [2.05, 4.69) is 4.99 Å². The number of methoxy groups -OCH3 is 1. The van der Waals surface area contributed by atoms with E-state index in [4.69, 9.17) is 4.74 Å². The van der Waals surface area contributed by atoms with E-state index >= 15 is 0 Å². The summed E-state index contributed by atoms with van der Waals surface area (Å²) in [6.45, 7) is 0.676. The topological polar surface area (TPSA) is 46.8 Å². The second kappa shape index (κ2) is 6.57. The number of aryl methyl sites for hydroxylation is 1. The molecule has 1 aromatic heterocycles. The highest BCUT2D eigenvalue weighted by atomic mass is 16.5. The Kier molecular flexibility index (Phi) is 4.33. The van der Waals surface area contributed by atoms with E-state index in [0.717, 1.165) is 28.6 Å². The summed E-state index contributed by atoms with van der Waals surface area (Å²) in [6.07, 6.45) is 2.62. The Morgan fingerprint density at radius 2 is 1.87 bits per heavy atom. The van der Waals surface area contributed by atoms with E-state index in [1.807, 2.05) is 55.6 Å². The predicted molar refractivity (Wildman–Crippen MR) is 93.7 cm³/mol. The minimum Gasteiger partial charge on any atom is -0.497 e. The molecule has 3 aromatic rings. The highest BCUT2D eigenvalue weighted by Gasteiger charge is 2.11. The number of aliphatic imine (C=N–C) groups is 1. The van der Waals surface area contributed by atoms with Gasteiger partial charge < -0.3 is 14.4 Å². The molecule has 0 bridgehead atoms. The van der Waals surface area contributed by atoms with Crippen LogP contribution < -0.4 is 4.74 Å². The van der Waals surface area contributed by atoms with E-state index in [0.29, 0.717) is 6.54 Å². The predicted octanol–water partition coefficient (Wildman–Crippen LogP) is 3.55. The van der Waals surface area contributed by atoms with Crippen molar-refractivity contribution in [1.82, 2.24) is 4.57 Å². The van der Waals surface area contributed by atoms with Crippen molar-refractivity contribution in [1.29, 1.82) is 0 Å². The minimum absolute atomic E-state index is 0.249. The third-order valence-corrected chi connectivity index (χ3v) is 4.02. The zero-order valence-corrected chi connectivity index (χ0v) is 13.4. The van der Waals surface area contributed by atoms with Crippen LogP contribution in [0.4, 0.5) is 0 Å². The van der Waals surface area contributed by atoms with Gasteiger partial charge in [-0.3, -0.25) is 4.99 Å². The first-order valence-electron chi connectivity index (χ1n) is 7.60. The first-order chi connectivity index (χ1) is 11.2. The van der Waals surface area contributed by atoms with Crippen LogP contribution in [0.15, 0.2) is 53.5 Å². The largest absolute Gasteiger partial charge is 0.497 e. The molecular formula is C19H20N2O2. The van der Waals surface area contributed by atoms with E-state index in [9.17, 15) is 5.11 Å². The second-order valence-corrected chi connectivity index (χ2v) is 5.45. The number of nitrogens with zero attached hydrogens (tertiary/aromatic N) is 2. The molecule has 23 heavy (non-hydrogen) atoms. The van der Waals surface area contributed by atoms with Crippen LogP contribution in [0.2, 0.25) is 0 Å². The fraction of sp³-hybridized carbons (Fsp3) is 0.211. The maximum Gasteiger partial charge on any atom is 0.200 e. The number of ether oxygens (including phenoxy) is 1. The van der Waals surface area contributed by atoms with Crippen LogP contribution in [0.25, 0.3) is 10.9 Å². The van der Waals surface area contributed by atoms with Crippen molar-refractivity contribution in [2.75, 3.05) is 13.7 Å². The summed E-state index contributed by atoms with van der Waals surface area (Å²) in [5, 5.41) is 11.3. The number of hydrogen-bond donors (Lipinski definition) is 1. The molecule has 0 aliphatic heterocycles. The van der Waals surface area contributed by atoms with E-state index < -0.39 is 0 Å². The lowest BCUT2D eigenvalue weighted by molar-refractivity contribution is 0.414. The van der Waals surface area contributed by atoms with Gasteiger partial charge in [0.05, 0.1) is 18.2 Å². The van der Waals surface area contributed by atoms with Gasteiger partial charge in [0.2, 0.25) is 5.88 Å². The van der Waals surface area contributed by atoms with E-state index in [1.165, 1.54) is 5.56 Å². The Morgan fingerprint density at radius 1 is 1.13 bits per heavy atom. The average molecular weight is 308 g/mol. The lowest BCUT2D eigenvalue weighted by Crippen LogP contribution is -1.91. The first kappa shape index (κ1) is 15.2. The van der Waals surface area contributed by atoms with Crippen LogP contribution in [0.5, 0.6) is 11.6 Å². The maximum atomic E-state index is 10.3. The van der Waals surface area contributed by atoms with Gasteiger partial charge in [0.15, 0.2) is 0 Å². The van der Waals surface area contributed by atoms with Crippen LogP contribution in [-0.2, 0) is 13.5 Å². The molecule has 0 radical (unpaired) electrons. The number of hydrogen-bond acceptors (Lipinski definition) is 3. The lowest BCUT2D eigenvalue weighted by atomic mass is 10.1. The summed E-state index contributed by atoms with van der Waals surface area (Å²) in [4.78, 5) is 4.47. The van der Waals surface area contributed by atoms with E-state index in [-0.39, 0.29) is 5.88 Å². The Morgan fingerprint density at radius 3 is 2.61 bits per heavy atom. The van der Waals surface area contributed by atoms with E-state index in [1.54, 1.807) is 17.9 Å². The normalized spacial score (nSPS) is 11.4. The van der Waals surface area contributed by atoms with Gasteiger partial charge in [-0.25, -0.2) is 0 Å². The third-order valence-electron chi connectivity index (χ3n) is 4.02. The summed E-state index contributed by atoms with van der Waals surface area (Å²) in [6, 6.07) is 15.9. The molecule has 1 heterocycles. The summed E-state index contributed by atoms with van der Waals surface area (Å²) in [5.74, 6) is 1.11. The molecule has 0 atom stereocenters. The molecule has 4 heteroatoms. The van der Waals surface area contributed by atoms with Gasteiger partial charge in [0, 0.05) is 25.2 Å². The Balaban J connectivity index is 1.72. The molecule has 1 N–H and O–H groups in total. The fourth-order valence-corrected chi connectivity index (χ4v) is 2.68. The maximum absolute atomic E-state index is 10.3. The van der Waals surface area contributed by atoms with Crippen LogP contribution in [0, 0.1) is 0 Å². The summed E-state index contributed by atoms with van der Waals surface area (Å²) in [5.41, 5.74) is 2.99. The number of rotatable bonds is 5. The number of para-hydroxylation sites is 1. The van der Waals surface area contributed by atoms with Crippen molar-refractivity contribution < 1.29 is 9.84 Å². The van der Waals surface area contributed by atoms with Crippen molar-refractivity contribution in [3.05, 3.63) is 59.7 Å². The number of aromatic nitrogens is 1. The molecule has 3 rings (SSSR count). The van der Waals surface area contributed by atoms with Crippen molar-refractivity contribution >= 4 is 17.1 Å². The zero-order valence-electron chi connectivity index (χ0n) is 13.4. The molecule has 2 aromatic carbocycles. The monoisotopic (exact) mass is 308 g/mol. The highest BCUT2D eigenvalue weighted by molar-refractivity contribution is 6.02. The lowest BCUT2D eigenvalue weighted by Gasteiger charge is -2.01. The van der Waals surface area contributed by atoms with Crippen molar-refractivity contribution in [2.24, 2.45) is 12.0 Å². The fourth-order valence-electron chi connectivity index (χ4n) is 2.68. The second-order valence-electron chi connectivity index (χ2n) is 5.45. The summed E-state index contributed by atoms with van der Waals surface area (Å²) >= 11 is 0. The quantitative estimate of drug-likeness (QED) is 0.733. The van der Waals surface area contributed by atoms with Gasteiger partial charge in [0.1, 0.15) is 5.75 Å². The number of benzene rings is 2. The first-order valence-corrected chi connectivity index (χ1v) is 7.60. The SMILES string of the molecule is COc1ccc(CCN=Cc2c(O)n(C)c3ccccc23)cc1. The molecule has 0 aliphatic rings. The van der Waals surface area contributed by atoms with Crippen LogP contribution in [0.3, 0.4) is 0 Å². The van der Waals surface area contributed by atoms with Gasteiger partial charge in [-0.1, -0.05) is 30.3 Å². The van der Waals surface area contributed by atoms with Gasteiger partial charge in [-0.05, 0) is 30.2 Å². The van der Waals surface area contributed by atoms with Gasteiger partial charge in [-0.2, -0.15) is 0 Å². The third kappa shape index (κ3) is 3.06. The van der Waals surface area contributed by atoms with Crippen LogP contribution in [0.1, 0.15) is 11.1 Å². The van der Waals surface area contributed by atoms with Crippen molar-refractivity contribution in [3.8, 4) is 11.6 Å². The molecule has 0 unspecified atom stereocenters. The van der Waals surface area contributed by atoms with Crippen LogP contribution >= 0.6 is 0 Å². The zero-order chi connectivity index (χ0) is 16.2. The molecule has 0 fully saturated rings. The van der Waals surface area contributed by atoms with Gasteiger partial charge >= 0.3 is 0 Å². The Bertz CT molecular complexity index is 832. The van der Waals surface area contributed by atoms with Crippen molar-refractivity contribution in [2.45, 2.75) is 6.42 Å². The molecule has 0 saturated heterocycles. The number of fused-ring (bicyclic) bond motifs is 1. The molecule has 0 saturated carbocycles. The molecule has 4 nitrogen and oxygen atoms in total. The average Bonchev–Trinajstić information content (AvgIpc) is 2.84. The molecule has 0 amide bonds.